The van der Waals surface area contributed by atoms with Crippen molar-refractivity contribution in [3.8, 4) is 0 Å². The van der Waals surface area contributed by atoms with Crippen LogP contribution in [0.25, 0.3) is 0 Å². The summed E-state index contributed by atoms with van der Waals surface area (Å²) in [5.41, 5.74) is 5.25. The average molecular weight is 318 g/mol. The summed E-state index contributed by atoms with van der Waals surface area (Å²) in [5, 5.41) is 0. The summed E-state index contributed by atoms with van der Waals surface area (Å²) in [5.74, 6) is 1.04. The summed E-state index contributed by atoms with van der Waals surface area (Å²) in [6.07, 6.45) is 5.75. The van der Waals surface area contributed by atoms with Crippen molar-refractivity contribution in [3.05, 3.63) is 18.2 Å². The van der Waals surface area contributed by atoms with E-state index >= 15 is 0 Å². The standard InChI is InChI=1S/C17H26N4O2/c1-4-13-19-6-8-20(13)7-5-14(22)21-9-12-16(2,3)10-17(12,11-21)15(18)23/h6,8,12H,4-5,7,9-11H2,1-3H3,(H2,18,23)/t12-,17+/m1/s1. The Balaban J connectivity index is 1.64. The lowest BCUT2D eigenvalue weighted by molar-refractivity contribution is -0.148. The molecule has 1 aliphatic carbocycles. The van der Waals surface area contributed by atoms with Gasteiger partial charge in [0.1, 0.15) is 5.82 Å². The Morgan fingerprint density at radius 3 is 2.74 bits per heavy atom. The van der Waals surface area contributed by atoms with Crippen LogP contribution in [0.2, 0.25) is 0 Å². The van der Waals surface area contributed by atoms with Crippen LogP contribution in [-0.2, 0) is 22.6 Å². The van der Waals surface area contributed by atoms with Gasteiger partial charge in [-0.15, -0.1) is 0 Å². The fourth-order valence-corrected chi connectivity index (χ4v) is 4.65. The van der Waals surface area contributed by atoms with Crippen molar-refractivity contribution in [2.75, 3.05) is 13.1 Å². The number of fused-ring (bicyclic) bond motifs is 1. The molecule has 6 nitrogen and oxygen atoms in total. The van der Waals surface area contributed by atoms with Crippen LogP contribution in [0.3, 0.4) is 0 Å². The van der Waals surface area contributed by atoms with Crippen LogP contribution in [0.1, 0.15) is 39.4 Å². The SMILES string of the molecule is CCc1nccn1CCC(=O)N1C[C@@H]2C(C)(C)C[C@]2(C(N)=O)C1. The molecule has 0 aromatic carbocycles. The third kappa shape index (κ3) is 2.44. The van der Waals surface area contributed by atoms with Crippen molar-refractivity contribution in [2.24, 2.45) is 22.5 Å². The van der Waals surface area contributed by atoms with E-state index in [2.05, 4.69) is 25.8 Å². The molecule has 1 saturated heterocycles. The Morgan fingerprint density at radius 1 is 1.43 bits per heavy atom. The van der Waals surface area contributed by atoms with Crippen LogP contribution < -0.4 is 5.73 Å². The molecule has 1 aliphatic heterocycles. The number of primary amides is 1. The number of hydrogen-bond donors (Lipinski definition) is 1. The number of nitrogens with two attached hydrogens (primary N) is 1. The highest BCUT2D eigenvalue weighted by Crippen LogP contribution is 2.62. The van der Waals surface area contributed by atoms with Crippen molar-refractivity contribution in [1.29, 1.82) is 0 Å². The highest BCUT2D eigenvalue weighted by molar-refractivity contribution is 5.86. The van der Waals surface area contributed by atoms with Gasteiger partial charge in [0.2, 0.25) is 11.8 Å². The van der Waals surface area contributed by atoms with Gasteiger partial charge in [-0.2, -0.15) is 0 Å². The van der Waals surface area contributed by atoms with Crippen LogP contribution >= 0.6 is 0 Å². The summed E-state index contributed by atoms with van der Waals surface area (Å²) in [6.45, 7) is 8.14. The number of rotatable bonds is 5. The van der Waals surface area contributed by atoms with Gasteiger partial charge >= 0.3 is 0 Å². The van der Waals surface area contributed by atoms with Crippen molar-refractivity contribution in [2.45, 2.75) is 46.6 Å². The van der Waals surface area contributed by atoms with Crippen molar-refractivity contribution in [1.82, 2.24) is 14.5 Å². The summed E-state index contributed by atoms with van der Waals surface area (Å²) >= 11 is 0. The van der Waals surface area contributed by atoms with Crippen molar-refractivity contribution >= 4 is 11.8 Å². The maximum atomic E-state index is 12.6. The molecule has 1 saturated carbocycles. The predicted octanol–water partition coefficient (Wildman–Crippen LogP) is 1.20. The fraction of sp³-hybridized carbons (Fsp3) is 0.706. The molecular weight excluding hydrogens is 292 g/mol. The molecule has 0 bridgehead atoms. The fourth-order valence-electron chi connectivity index (χ4n) is 4.65. The Bertz CT molecular complexity index is 636. The van der Waals surface area contributed by atoms with Crippen LogP contribution in [-0.4, -0.2) is 39.4 Å². The molecule has 2 amide bonds. The first-order valence-corrected chi connectivity index (χ1v) is 8.38. The van der Waals surface area contributed by atoms with E-state index in [4.69, 9.17) is 5.73 Å². The largest absolute Gasteiger partial charge is 0.369 e. The summed E-state index contributed by atoms with van der Waals surface area (Å²) < 4.78 is 2.02. The molecule has 2 aliphatic rings. The number of carbonyl (C=O) groups is 2. The van der Waals surface area contributed by atoms with E-state index in [0.29, 0.717) is 26.1 Å². The van der Waals surface area contributed by atoms with Gasteiger partial charge in [-0.3, -0.25) is 9.59 Å². The number of aryl methyl sites for hydroxylation is 2. The third-order valence-electron chi connectivity index (χ3n) is 5.79. The highest BCUT2D eigenvalue weighted by atomic mass is 16.2. The van der Waals surface area contributed by atoms with E-state index in [1.54, 1.807) is 6.20 Å². The Morgan fingerprint density at radius 2 is 2.17 bits per heavy atom. The summed E-state index contributed by atoms with van der Waals surface area (Å²) in [4.78, 5) is 30.6. The molecule has 1 aromatic rings. The molecule has 0 radical (unpaired) electrons. The van der Waals surface area contributed by atoms with Gasteiger partial charge in [0, 0.05) is 44.9 Å². The molecule has 2 fully saturated rings. The first kappa shape index (κ1) is 16.0. The zero-order valence-corrected chi connectivity index (χ0v) is 14.2. The number of carbonyl (C=O) groups excluding carboxylic acids is 2. The van der Waals surface area contributed by atoms with Gasteiger partial charge in [-0.1, -0.05) is 20.8 Å². The molecule has 2 heterocycles. The molecular formula is C17H26N4O2. The molecule has 126 valence electrons. The molecule has 6 heteroatoms. The number of amides is 2. The minimum Gasteiger partial charge on any atom is -0.369 e. The quantitative estimate of drug-likeness (QED) is 0.885. The van der Waals surface area contributed by atoms with Gasteiger partial charge in [0.05, 0.1) is 5.41 Å². The monoisotopic (exact) mass is 318 g/mol. The predicted molar refractivity (Wildman–Crippen MR) is 86.3 cm³/mol. The Hall–Kier alpha value is -1.85. The van der Waals surface area contributed by atoms with E-state index in [0.717, 1.165) is 18.7 Å². The molecule has 2 N–H and O–H groups in total. The topological polar surface area (TPSA) is 81.2 Å². The second kappa shape index (κ2) is 5.35. The lowest BCUT2D eigenvalue weighted by atomic mass is 9.48. The van der Waals surface area contributed by atoms with Crippen molar-refractivity contribution in [3.63, 3.8) is 0 Å². The minimum atomic E-state index is -0.497. The molecule has 1 aromatic heterocycles. The van der Waals surface area contributed by atoms with Gasteiger partial charge < -0.3 is 15.2 Å². The van der Waals surface area contributed by atoms with Crippen LogP contribution in [0.5, 0.6) is 0 Å². The van der Waals surface area contributed by atoms with Gasteiger partial charge in [0.15, 0.2) is 0 Å². The van der Waals surface area contributed by atoms with Crippen molar-refractivity contribution < 1.29 is 9.59 Å². The van der Waals surface area contributed by atoms with Crippen LogP contribution in [0.4, 0.5) is 0 Å². The Labute approximate surface area is 137 Å². The zero-order valence-electron chi connectivity index (χ0n) is 14.2. The molecule has 2 atom stereocenters. The van der Waals surface area contributed by atoms with Gasteiger partial charge in [-0.05, 0) is 17.8 Å². The number of hydrogen-bond acceptors (Lipinski definition) is 3. The number of imidazole rings is 1. The number of nitrogens with zero attached hydrogens (tertiary/aromatic N) is 3. The minimum absolute atomic E-state index is 0.0871. The number of likely N-dealkylation sites (tertiary alicyclic amines) is 1. The maximum absolute atomic E-state index is 12.6. The zero-order chi connectivity index (χ0) is 16.8. The molecule has 23 heavy (non-hydrogen) atoms. The normalized spacial score (nSPS) is 28.3. The second-order valence-corrected chi connectivity index (χ2v) is 7.65. The lowest BCUT2D eigenvalue weighted by Crippen LogP contribution is -2.59. The highest BCUT2D eigenvalue weighted by Gasteiger charge is 2.66. The first-order chi connectivity index (χ1) is 10.8. The van der Waals surface area contributed by atoms with Crippen LogP contribution in [0, 0.1) is 16.7 Å². The molecule has 3 rings (SSSR count). The van der Waals surface area contributed by atoms with Crippen LogP contribution in [0.15, 0.2) is 12.4 Å². The summed E-state index contributed by atoms with van der Waals surface area (Å²) in [7, 11) is 0. The van der Waals surface area contributed by atoms with E-state index < -0.39 is 5.41 Å². The second-order valence-electron chi connectivity index (χ2n) is 7.65. The van der Waals surface area contributed by atoms with E-state index in [1.807, 2.05) is 15.7 Å². The van der Waals surface area contributed by atoms with E-state index in [-0.39, 0.29) is 23.1 Å². The van der Waals surface area contributed by atoms with E-state index in [9.17, 15) is 9.59 Å². The Kier molecular flexibility index (Phi) is 3.73. The summed E-state index contributed by atoms with van der Waals surface area (Å²) in [6, 6.07) is 0. The third-order valence-corrected chi connectivity index (χ3v) is 5.79. The van der Waals surface area contributed by atoms with Gasteiger partial charge in [-0.25, -0.2) is 4.98 Å². The first-order valence-electron chi connectivity index (χ1n) is 8.38. The van der Waals surface area contributed by atoms with E-state index in [1.165, 1.54) is 0 Å². The molecule has 0 unspecified atom stereocenters. The smallest absolute Gasteiger partial charge is 0.225 e. The average Bonchev–Trinajstić information content (AvgIpc) is 3.07. The maximum Gasteiger partial charge on any atom is 0.225 e. The lowest BCUT2D eigenvalue weighted by Gasteiger charge is -2.54. The van der Waals surface area contributed by atoms with Gasteiger partial charge in [0.25, 0.3) is 0 Å². The number of aromatic nitrogens is 2. The molecule has 0 spiro atoms.